The number of carbonyl (C=O) groups is 2. The number of alkyl halides is 3. The number of fused-ring (bicyclic) bond motifs is 1. The van der Waals surface area contributed by atoms with Crippen LogP contribution in [0.2, 0.25) is 0 Å². The lowest BCUT2D eigenvalue weighted by Gasteiger charge is -2.21. The van der Waals surface area contributed by atoms with Crippen LogP contribution in [0.25, 0.3) is 0 Å². The van der Waals surface area contributed by atoms with Crippen molar-refractivity contribution in [3.63, 3.8) is 0 Å². The highest BCUT2D eigenvalue weighted by Crippen LogP contribution is 2.27. The van der Waals surface area contributed by atoms with Crippen molar-refractivity contribution in [1.29, 1.82) is 0 Å². The fraction of sp³-hybridized carbons (Fsp3) is 0.500. The van der Waals surface area contributed by atoms with Crippen LogP contribution in [0.15, 0.2) is 23.1 Å². The van der Waals surface area contributed by atoms with Crippen LogP contribution in [-0.2, 0) is 17.6 Å². The van der Waals surface area contributed by atoms with Crippen molar-refractivity contribution in [2.45, 2.75) is 38.8 Å². The van der Waals surface area contributed by atoms with Crippen LogP contribution >= 0.6 is 0 Å². The molecule has 2 aliphatic heterocycles. The fourth-order valence-electron chi connectivity index (χ4n) is 3.69. The summed E-state index contributed by atoms with van der Waals surface area (Å²) in [5.74, 6) is -0.956. The van der Waals surface area contributed by atoms with Gasteiger partial charge in [-0.1, -0.05) is 0 Å². The number of aromatic nitrogens is 2. The zero-order valence-electron chi connectivity index (χ0n) is 17.0. The Labute approximate surface area is 176 Å². The van der Waals surface area contributed by atoms with Crippen LogP contribution in [0.1, 0.15) is 40.2 Å². The van der Waals surface area contributed by atoms with Crippen LogP contribution in [-0.4, -0.2) is 64.2 Å². The van der Waals surface area contributed by atoms with Gasteiger partial charge < -0.3 is 19.3 Å². The summed E-state index contributed by atoms with van der Waals surface area (Å²) in [6.07, 6.45) is 2.20. The molecule has 168 valence electrons. The van der Waals surface area contributed by atoms with Gasteiger partial charge in [-0.3, -0.25) is 4.79 Å². The minimum atomic E-state index is -5.08. The van der Waals surface area contributed by atoms with Crippen LogP contribution in [0.4, 0.5) is 19.0 Å². The minimum Gasteiger partial charge on any atom is -0.475 e. The van der Waals surface area contributed by atoms with Crippen molar-refractivity contribution in [3.8, 4) is 0 Å². The molecular formula is C20H23F3N4O4. The van der Waals surface area contributed by atoms with E-state index in [9.17, 15) is 18.0 Å². The number of nitrogens with zero attached hydrogens (tertiary/aromatic N) is 4. The monoisotopic (exact) mass is 440 g/mol. The van der Waals surface area contributed by atoms with Gasteiger partial charge in [0.2, 0.25) is 0 Å². The van der Waals surface area contributed by atoms with Crippen molar-refractivity contribution in [2.24, 2.45) is 0 Å². The molecule has 0 radical (unpaired) electrons. The molecule has 11 heteroatoms. The van der Waals surface area contributed by atoms with Crippen molar-refractivity contribution in [2.75, 3.05) is 31.1 Å². The van der Waals surface area contributed by atoms with Gasteiger partial charge >= 0.3 is 12.1 Å². The molecule has 0 aromatic carbocycles. The van der Waals surface area contributed by atoms with Crippen molar-refractivity contribution >= 4 is 17.7 Å². The molecule has 2 aromatic heterocycles. The molecule has 0 atom stereocenters. The van der Waals surface area contributed by atoms with Gasteiger partial charge in [0.05, 0.1) is 17.5 Å². The molecule has 2 aromatic rings. The Hall–Kier alpha value is -3.11. The third kappa shape index (κ3) is 5.33. The number of aliphatic carboxylic acids is 1. The number of carbonyl (C=O) groups excluding carboxylic acids is 1. The number of furan rings is 1. The molecule has 0 saturated carbocycles. The first-order chi connectivity index (χ1) is 14.7. The molecule has 1 saturated heterocycles. The van der Waals surface area contributed by atoms with E-state index in [1.165, 1.54) is 18.4 Å². The number of amides is 1. The van der Waals surface area contributed by atoms with E-state index in [1.54, 1.807) is 18.7 Å². The molecule has 1 fully saturated rings. The lowest BCUT2D eigenvalue weighted by molar-refractivity contribution is -0.192. The highest BCUT2D eigenvalue weighted by molar-refractivity contribution is 5.95. The summed E-state index contributed by atoms with van der Waals surface area (Å²) in [6, 6.07) is 1.76. The average molecular weight is 440 g/mol. The Morgan fingerprint density at radius 3 is 2.32 bits per heavy atom. The minimum absolute atomic E-state index is 0.0461. The molecule has 4 heterocycles. The molecule has 4 rings (SSSR count). The first kappa shape index (κ1) is 22.6. The predicted octanol–water partition coefficient (Wildman–Crippen LogP) is 2.85. The standard InChI is InChI=1S/C18H22N4O2.C2HF3O2/c1-13-14(6-11-24-13)18(23)22-9-4-15-16(5-10-22)19-12-20-17(15)21-7-2-3-8-21;3-2(4,5)1(6)7/h6,11-12H,2-5,7-10H2,1H3;(H,6,7). The maximum Gasteiger partial charge on any atom is 0.490 e. The van der Waals surface area contributed by atoms with Crippen LogP contribution < -0.4 is 4.90 Å². The SMILES string of the molecule is Cc1occc1C(=O)N1CCc2ncnc(N3CCCC3)c2CC1.O=C(O)C(F)(F)F. The molecule has 2 aliphatic rings. The Kier molecular flexibility index (Phi) is 6.81. The fourth-order valence-corrected chi connectivity index (χ4v) is 3.69. The summed E-state index contributed by atoms with van der Waals surface area (Å²) >= 11 is 0. The van der Waals surface area contributed by atoms with E-state index in [0.717, 1.165) is 37.4 Å². The van der Waals surface area contributed by atoms with Gasteiger partial charge in [0.25, 0.3) is 5.91 Å². The van der Waals surface area contributed by atoms with Gasteiger partial charge in [-0.05, 0) is 32.3 Å². The molecule has 1 amide bonds. The van der Waals surface area contributed by atoms with Gasteiger partial charge in [0.15, 0.2) is 0 Å². The highest BCUT2D eigenvalue weighted by Gasteiger charge is 2.38. The number of hydrogen-bond acceptors (Lipinski definition) is 6. The molecule has 1 N–H and O–H groups in total. The normalized spacial score (nSPS) is 16.3. The summed E-state index contributed by atoms with van der Waals surface area (Å²) in [5.41, 5.74) is 2.97. The van der Waals surface area contributed by atoms with Gasteiger partial charge in [-0.2, -0.15) is 13.2 Å². The number of aryl methyl sites for hydroxylation is 1. The Balaban J connectivity index is 0.000000339. The number of rotatable bonds is 2. The second-order valence-corrected chi connectivity index (χ2v) is 7.30. The van der Waals surface area contributed by atoms with Crippen molar-refractivity contribution < 1.29 is 32.3 Å². The number of carboxylic acid groups (broad SMARTS) is 1. The van der Waals surface area contributed by atoms with Crippen LogP contribution in [0, 0.1) is 6.92 Å². The number of halogens is 3. The maximum atomic E-state index is 12.7. The maximum absolute atomic E-state index is 12.7. The number of carboxylic acids is 1. The summed E-state index contributed by atoms with van der Waals surface area (Å²) < 4.78 is 37.0. The van der Waals surface area contributed by atoms with Gasteiger partial charge in [-0.25, -0.2) is 14.8 Å². The number of anilines is 1. The zero-order valence-corrected chi connectivity index (χ0v) is 17.0. The average Bonchev–Trinajstić information content (AvgIpc) is 3.34. The van der Waals surface area contributed by atoms with Gasteiger partial charge in [0.1, 0.15) is 17.9 Å². The third-order valence-electron chi connectivity index (χ3n) is 5.29. The molecule has 0 unspecified atom stereocenters. The molecule has 8 nitrogen and oxygen atoms in total. The van der Waals surface area contributed by atoms with Crippen LogP contribution in [0.3, 0.4) is 0 Å². The van der Waals surface area contributed by atoms with Gasteiger partial charge in [-0.15, -0.1) is 0 Å². The van der Waals surface area contributed by atoms with E-state index < -0.39 is 12.1 Å². The molecule has 31 heavy (non-hydrogen) atoms. The Bertz CT molecular complexity index is 939. The largest absolute Gasteiger partial charge is 0.490 e. The second-order valence-electron chi connectivity index (χ2n) is 7.30. The second kappa shape index (κ2) is 9.36. The van der Waals surface area contributed by atoms with Crippen molar-refractivity contribution in [3.05, 3.63) is 41.2 Å². The Morgan fingerprint density at radius 1 is 1.10 bits per heavy atom. The smallest absolute Gasteiger partial charge is 0.475 e. The van der Waals surface area contributed by atoms with E-state index in [2.05, 4.69) is 14.9 Å². The topological polar surface area (TPSA) is 99.8 Å². The lowest BCUT2D eigenvalue weighted by atomic mass is 10.1. The third-order valence-corrected chi connectivity index (χ3v) is 5.29. The summed E-state index contributed by atoms with van der Waals surface area (Å²) in [7, 11) is 0. The summed E-state index contributed by atoms with van der Waals surface area (Å²) in [6.45, 7) is 5.36. The van der Waals surface area contributed by atoms with E-state index >= 15 is 0 Å². The molecule has 0 bridgehead atoms. The first-order valence-electron chi connectivity index (χ1n) is 9.89. The number of hydrogen-bond donors (Lipinski definition) is 1. The predicted molar refractivity (Wildman–Crippen MR) is 104 cm³/mol. The van der Waals surface area contributed by atoms with Gasteiger partial charge in [0, 0.05) is 38.2 Å². The Morgan fingerprint density at radius 2 is 1.74 bits per heavy atom. The summed E-state index contributed by atoms with van der Waals surface area (Å²) in [4.78, 5) is 34.9. The van der Waals surface area contributed by atoms with E-state index in [1.807, 2.05) is 11.8 Å². The first-order valence-corrected chi connectivity index (χ1v) is 9.89. The zero-order chi connectivity index (χ0) is 22.6. The molecule has 0 aliphatic carbocycles. The molecule has 0 spiro atoms. The van der Waals surface area contributed by atoms with Crippen molar-refractivity contribution in [1.82, 2.24) is 14.9 Å². The quantitative estimate of drug-likeness (QED) is 0.767. The lowest BCUT2D eigenvalue weighted by Crippen LogP contribution is -2.33. The van der Waals surface area contributed by atoms with E-state index in [-0.39, 0.29) is 5.91 Å². The highest BCUT2D eigenvalue weighted by atomic mass is 19.4. The van der Waals surface area contributed by atoms with E-state index in [0.29, 0.717) is 24.4 Å². The molecular weight excluding hydrogens is 417 g/mol. The van der Waals surface area contributed by atoms with E-state index in [4.69, 9.17) is 14.3 Å². The van der Waals surface area contributed by atoms with Crippen LogP contribution in [0.5, 0.6) is 0 Å². The summed E-state index contributed by atoms with van der Waals surface area (Å²) in [5, 5.41) is 7.12.